The molecular weight excluding hydrogens is 319 g/mol. The van der Waals surface area contributed by atoms with Gasteiger partial charge in [-0.1, -0.05) is 34.7 Å². The van der Waals surface area contributed by atoms with Gasteiger partial charge in [0.2, 0.25) is 0 Å². The molecule has 0 fully saturated rings. The quantitative estimate of drug-likeness (QED) is 0.637. The van der Waals surface area contributed by atoms with Crippen LogP contribution in [0.2, 0.25) is 0 Å². The molecule has 2 aromatic rings. The molecule has 0 aliphatic heterocycles. The van der Waals surface area contributed by atoms with Crippen molar-refractivity contribution in [3.8, 4) is 0 Å². The summed E-state index contributed by atoms with van der Waals surface area (Å²) < 4.78 is 0.922. The van der Waals surface area contributed by atoms with E-state index in [1.54, 1.807) is 11.8 Å². The Morgan fingerprint density at radius 3 is 2.27 bits per heavy atom. The first-order chi connectivity index (χ1) is 7.35. The predicted octanol–water partition coefficient (Wildman–Crippen LogP) is 3.43. The molecule has 0 aliphatic rings. The largest absolute Gasteiger partial charge is 0.248 e. The van der Waals surface area contributed by atoms with Crippen LogP contribution in [0.1, 0.15) is 11.4 Å². The highest BCUT2D eigenvalue weighted by molar-refractivity contribution is 14.1. The Labute approximate surface area is 107 Å². The summed E-state index contributed by atoms with van der Waals surface area (Å²) in [5.41, 5.74) is 4.23. The van der Waals surface area contributed by atoms with Gasteiger partial charge in [-0.05, 0) is 18.4 Å². The Hall–Kier alpha value is -0.360. The second kappa shape index (κ2) is 5.12. The van der Waals surface area contributed by atoms with Crippen LogP contribution in [-0.4, -0.2) is 16.2 Å². The van der Waals surface area contributed by atoms with Crippen LogP contribution < -0.4 is 0 Å². The number of benzene rings is 1. The van der Waals surface area contributed by atoms with E-state index in [9.17, 15) is 0 Å². The number of halogens is 1. The van der Waals surface area contributed by atoms with Gasteiger partial charge in [0.05, 0.1) is 22.4 Å². The molecule has 0 amide bonds. The zero-order valence-corrected chi connectivity index (χ0v) is 11.4. The van der Waals surface area contributed by atoms with E-state index in [0.29, 0.717) is 0 Å². The molecule has 0 atom stereocenters. The van der Waals surface area contributed by atoms with Crippen LogP contribution in [0.15, 0.2) is 24.3 Å². The minimum atomic E-state index is 0.922. The fraction of sp³-hybridized carbons (Fsp3) is 0.273. The first kappa shape index (κ1) is 11.1. The zero-order valence-electron chi connectivity index (χ0n) is 8.40. The maximum Gasteiger partial charge on any atom is 0.0890 e. The third-order valence-electron chi connectivity index (χ3n) is 2.13. The third kappa shape index (κ3) is 2.42. The molecule has 1 heterocycles. The number of fused-ring (bicyclic) bond motifs is 1. The van der Waals surface area contributed by atoms with Crippen LogP contribution in [0.4, 0.5) is 0 Å². The Bertz CT molecular complexity index is 473. The fourth-order valence-corrected chi connectivity index (χ4v) is 2.55. The molecule has 2 rings (SSSR count). The van der Waals surface area contributed by atoms with E-state index in [-0.39, 0.29) is 0 Å². The van der Waals surface area contributed by atoms with Crippen molar-refractivity contribution in [3.05, 3.63) is 35.7 Å². The molecule has 78 valence electrons. The summed E-state index contributed by atoms with van der Waals surface area (Å²) in [5.74, 6) is 0.941. The lowest BCUT2D eigenvalue weighted by molar-refractivity contribution is 1.08. The van der Waals surface area contributed by atoms with Crippen LogP contribution >= 0.6 is 34.4 Å². The number of hydrogen-bond donors (Lipinski definition) is 0. The summed E-state index contributed by atoms with van der Waals surface area (Å²) in [7, 11) is 0. The van der Waals surface area contributed by atoms with Gasteiger partial charge >= 0.3 is 0 Å². The summed E-state index contributed by atoms with van der Waals surface area (Å²) in [6, 6.07) is 8.04. The van der Waals surface area contributed by atoms with Gasteiger partial charge < -0.3 is 0 Å². The Kier molecular flexibility index (Phi) is 3.80. The SMILES string of the molecule is CSCc1nc2ccccc2nc1CI. The lowest BCUT2D eigenvalue weighted by atomic mass is 10.2. The van der Waals surface area contributed by atoms with Gasteiger partial charge in [-0.3, -0.25) is 0 Å². The fourth-order valence-electron chi connectivity index (χ4n) is 1.43. The summed E-state index contributed by atoms with van der Waals surface area (Å²) in [5, 5.41) is 0. The van der Waals surface area contributed by atoms with Gasteiger partial charge in [-0.25, -0.2) is 9.97 Å². The Balaban J connectivity index is 2.58. The average molecular weight is 330 g/mol. The van der Waals surface area contributed by atoms with Gasteiger partial charge in [0.1, 0.15) is 0 Å². The number of para-hydroxylation sites is 2. The van der Waals surface area contributed by atoms with Gasteiger partial charge in [-0.2, -0.15) is 11.8 Å². The topological polar surface area (TPSA) is 25.8 Å². The number of thioether (sulfide) groups is 1. The summed E-state index contributed by atoms with van der Waals surface area (Å²) in [6.07, 6.45) is 2.09. The molecule has 0 saturated heterocycles. The minimum Gasteiger partial charge on any atom is -0.248 e. The van der Waals surface area contributed by atoms with Crippen molar-refractivity contribution in [3.63, 3.8) is 0 Å². The molecule has 0 radical (unpaired) electrons. The van der Waals surface area contributed by atoms with E-state index in [0.717, 1.165) is 32.6 Å². The summed E-state index contributed by atoms with van der Waals surface area (Å²) in [6.45, 7) is 0. The van der Waals surface area contributed by atoms with E-state index < -0.39 is 0 Å². The zero-order chi connectivity index (χ0) is 10.7. The molecule has 0 saturated carbocycles. The van der Waals surface area contributed by atoms with Gasteiger partial charge in [0.15, 0.2) is 0 Å². The van der Waals surface area contributed by atoms with Crippen molar-refractivity contribution in [2.75, 3.05) is 6.26 Å². The summed E-state index contributed by atoms with van der Waals surface area (Å²) in [4.78, 5) is 9.28. The molecule has 1 aromatic carbocycles. The van der Waals surface area contributed by atoms with Crippen molar-refractivity contribution in [2.24, 2.45) is 0 Å². The molecule has 15 heavy (non-hydrogen) atoms. The molecule has 0 N–H and O–H groups in total. The molecule has 0 aliphatic carbocycles. The number of rotatable bonds is 3. The van der Waals surface area contributed by atoms with Crippen LogP contribution in [0, 0.1) is 0 Å². The summed E-state index contributed by atoms with van der Waals surface area (Å²) >= 11 is 4.13. The second-order valence-electron chi connectivity index (χ2n) is 3.17. The van der Waals surface area contributed by atoms with E-state index in [1.807, 2.05) is 24.3 Å². The van der Waals surface area contributed by atoms with Crippen LogP contribution in [0.5, 0.6) is 0 Å². The highest BCUT2D eigenvalue weighted by Gasteiger charge is 2.06. The molecule has 0 unspecified atom stereocenters. The predicted molar refractivity (Wildman–Crippen MR) is 74.5 cm³/mol. The van der Waals surface area contributed by atoms with Gasteiger partial charge in [0.25, 0.3) is 0 Å². The third-order valence-corrected chi connectivity index (χ3v) is 3.42. The van der Waals surface area contributed by atoms with Crippen LogP contribution in [0.25, 0.3) is 11.0 Å². The van der Waals surface area contributed by atoms with Crippen LogP contribution in [-0.2, 0) is 10.2 Å². The Morgan fingerprint density at radius 1 is 1.13 bits per heavy atom. The smallest absolute Gasteiger partial charge is 0.0890 e. The first-order valence-corrected chi connectivity index (χ1v) is 7.56. The van der Waals surface area contributed by atoms with Crippen molar-refractivity contribution in [1.82, 2.24) is 9.97 Å². The molecule has 1 aromatic heterocycles. The minimum absolute atomic E-state index is 0.922. The van der Waals surface area contributed by atoms with E-state index in [2.05, 4.69) is 38.8 Å². The molecular formula is C11H11IN2S. The lowest BCUT2D eigenvalue weighted by Crippen LogP contribution is -1.98. The highest BCUT2D eigenvalue weighted by atomic mass is 127. The number of nitrogens with zero attached hydrogens (tertiary/aromatic N) is 2. The number of alkyl halides is 1. The Morgan fingerprint density at radius 2 is 1.73 bits per heavy atom. The normalized spacial score (nSPS) is 10.8. The van der Waals surface area contributed by atoms with Gasteiger partial charge in [-0.15, -0.1) is 0 Å². The molecule has 0 bridgehead atoms. The maximum atomic E-state index is 4.65. The average Bonchev–Trinajstić information content (AvgIpc) is 2.28. The van der Waals surface area contributed by atoms with Crippen molar-refractivity contribution in [2.45, 2.75) is 10.2 Å². The van der Waals surface area contributed by atoms with Gasteiger partial charge in [0, 0.05) is 10.2 Å². The van der Waals surface area contributed by atoms with E-state index in [1.165, 1.54) is 0 Å². The standard InChI is InChI=1S/C11H11IN2S/c1-15-7-11-10(6-12)13-8-4-2-3-5-9(8)14-11/h2-5H,6-7H2,1H3. The molecule has 0 spiro atoms. The monoisotopic (exact) mass is 330 g/mol. The maximum absolute atomic E-state index is 4.65. The molecule has 2 nitrogen and oxygen atoms in total. The number of hydrogen-bond acceptors (Lipinski definition) is 3. The van der Waals surface area contributed by atoms with Crippen molar-refractivity contribution in [1.29, 1.82) is 0 Å². The van der Waals surface area contributed by atoms with Crippen LogP contribution in [0.3, 0.4) is 0 Å². The van der Waals surface area contributed by atoms with E-state index >= 15 is 0 Å². The highest BCUT2D eigenvalue weighted by Crippen LogP contribution is 2.18. The van der Waals surface area contributed by atoms with Crippen molar-refractivity contribution < 1.29 is 0 Å². The van der Waals surface area contributed by atoms with Crippen molar-refractivity contribution >= 4 is 45.4 Å². The first-order valence-electron chi connectivity index (χ1n) is 4.64. The van der Waals surface area contributed by atoms with E-state index in [4.69, 9.17) is 0 Å². The molecule has 4 heteroatoms. The number of aromatic nitrogens is 2. The lowest BCUT2D eigenvalue weighted by Gasteiger charge is -2.06. The second-order valence-corrected chi connectivity index (χ2v) is 4.80.